The highest BCUT2D eigenvalue weighted by Crippen LogP contribution is 2.21. The maximum Gasteiger partial charge on any atom is 0.335 e. The van der Waals surface area contributed by atoms with Crippen molar-refractivity contribution in [3.05, 3.63) is 11.6 Å². The summed E-state index contributed by atoms with van der Waals surface area (Å²) in [5.41, 5.74) is 0.688. The molecule has 0 N–H and O–H groups in total. The summed E-state index contributed by atoms with van der Waals surface area (Å²) in [7, 11) is 0. The van der Waals surface area contributed by atoms with Gasteiger partial charge in [-0.1, -0.05) is 45.1 Å². The molecule has 1 aliphatic rings. The fourth-order valence-electron chi connectivity index (χ4n) is 2.35. The summed E-state index contributed by atoms with van der Waals surface area (Å²) in [5.74, 6) is -0.251. The molecule has 0 saturated heterocycles. The van der Waals surface area contributed by atoms with Crippen LogP contribution >= 0.6 is 0 Å². The first-order chi connectivity index (χ1) is 9.13. The lowest BCUT2D eigenvalue weighted by molar-refractivity contribution is -0.183. The van der Waals surface area contributed by atoms with E-state index in [1.54, 1.807) is 0 Å². The molecule has 1 atom stereocenters. The zero-order valence-corrected chi connectivity index (χ0v) is 12.6. The van der Waals surface area contributed by atoms with Crippen LogP contribution in [0.3, 0.4) is 0 Å². The number of hydrogen-bond acceptors (Lipinski definition) is 3. The van der Waals surface area contributed by atoms with E-state index in [1.165, 1.54) is 19.3 Å². The smallest absolute Gasteiger partial charge is 0.335 e. The second-order valence-corrected chi connectivity index (χ2v) is 5.40. The molecule has 0 aromatic carbocycles. The van der Waals surface area contributed by atoms with Crippen LogP contribution in [0.5, 0.6) is 0 Å². The molecule has 0 amide bonds. The molecule has 0 radical (unpaired) electrons. The van der Waals surface area contributed by atoms with Crippen LogP contribution in [0, 0.1) is 0 Å². The van der Waals surface area contributed by atoms with Crippen molar-refractivity contribution in [2.45, 2.75) is 84.5 Å². The Balaban J connectivity index is 2.27. The van der Waals surface area contributed by atoms with Gasteiger partial charge in [-0.3, -0.25) is 0 Å². The predicted octanol–water partition coefficient (Wildman–Crippen LogP) is 4.36. The van der Waals surface area contributed by atoms with Crippen molar-refractivity contribution in [3.8, 4) is 0 Å². The normalized spacial score (nSPS) is 19.2. The maximum absolute atomic E-state index is 11.8. The first kappa shape index (κ1) is 16.2. The van der Waals surface area contributed by atoms with Gasteiger partial charge in [0, 0.05) is 5.57 Å². The van der Waals surface area contributed by atoms with Crippen molar-refractivity contribution in [1.82, 2.24) is 0 Å². The van der Waals surface area contributed by atoms with Crippen molar-refractivity contribution in [3.63, 3.8) is 0 Å². The van der Waals surface area contributed by atoms with Gasteiger partial charge >= 0.3 is 5.97 Å². The number of ether oxygens (including phenoxy) is 2. The highest BCUT2D eigenvalue weighted by atomic mass is 16.7. The van der Waals surface area contributed by atoms with Gasteiger partial charge in [0.05, 0.1) is 6.10 Å². The molecule has 3 nitrogen and oxygen atoms in total. The fourth-order valence-corrected chi connectivity index (χ4v) is 2.35. The summed E-state index contributed by atoms with van der Waals surface area (Å²) < 4.78 is 11.1. The Labute approximate surface area is 117 Å². The minimum Gasteiger partial charge on any atom is -0.433 e. The zero-order valence-electron chi connectivity index (χ0n) is 12.6. The molecule has 0 aliphatic heterocycles. The SMILES string of the molecule is CCCCC=C(C)C(=O)OC(C)OC1CCCCC1. The van der Waals surface area contributed by atoms with Gasteiger partial charge in [-0.2, -0.15) is 0 Å². The van der Waals surface area contributed by atoms with Gasteiger partial charge in [0.2, 0.25) is 6.29 Å². The van der Waals surface area contributed by atoms with E-state index in [9.17, 15) is 4.79 Å². The summed E-state index contributed by atoms with van der Waals surface area (Å²) in [6.07, 6.45) is 10.9. The molecule has 1 saturated carbocycles. The van der Waals surface area contributed by atoms with Gasteiger partial charge in [-0.25, -0.2) is 4.79 Å². The number of unbranched alkanes of at least 4 members (excludes halogenated alkanes) is 2. The Morgan fingerprint density at radius 3 is 2.63 bits per heavy atom. The van der Waals surface area contributed by atoms with Gasteiger partial charge < -0.3 is 9.47 Å². The van der Waals surface area contributed by atoms with Crippen molar-refractivity contribution >= 4 is 5.97 Å². The van der Waals surface area contributed by atoms with E-state index < -0.39 is 6.29 Å². The minimum atomic E-state index is -0.440. The summed E-state index contributed by atoms with van der Waals surface area (Å²) in [6.45, 7) is 5.76. The highest BCUT2D eigenvalue weighted by molar-refractivity contribution is 5.87. The molecule has 1 rings (SSSR count). The van der Waals surface area contributed by atoms with Crippen LogP contribution in [-0.4, -0.2) is 18.4 Å². The van der Waals surface area contributed by atoms with E-state index in [2.05, 4.69) is 6.92 Å². The third-order valence-corrected chi connectivity index (χ3v) is 3.54. The number of rotatable bonds is 7. The predicted molar refractivity (Wildman–Crippen MR) is 76.8 cm³/mol. The fraction of sp³-hybridized carbons (Fsp3) is 0.812. The Hall–Kier alpha value is -0.830. The highest BCUT2D eigenvalue weighted by Gasteiger charge is 2.19. The summed E-state index contributed by atoms with van der Waals surface area (Å²) in [4.78, 5) is 11.8. The van der Waals surface area contributed by atoms with Crippen LogP contribution < -0.4 is 0 Å². The molecule has 1 aliphatic carbocycles. The van der Waals surface area contributed by atoms with Gasteiger partial charge in [0.25, 0.3) is 0 Å². The molecule has 19 heavy (non-hydrogen) atoms. The van der Waals surface area contributed by atoms with Crippen molar-refractivity contribution in [2.24, 2.45) is 0 Å². The van der Waals surface area contributed by atoms with Crippen molar-refractivity contribution in [2.75, 3.05) is 0 Å². The number of allylic oxidation sites excluding steroid dienone is 1. The third kappa shape index (κ3) is 6.76. The molecule has 0 aromatic rings. The van der Waals surface area contributed by atoms with Crippen molar-refractivity contribution < 1.29 is 14.3 Å². The molecule has 0 spiro atoms. The Bertz CT molecular complexity index is 290. The topological polar surface area (TPSA) is 35.5 Å². The lowest BCUT2D eigenvalue weighted by Crippen LogP contribution is -2.26. The molecule has 0 aromatic heterocycles. The molecule has 0 heterocycles. The van der Waals surface area contributed by atoms with Gasteiger partial charge in [0.15, 0.2) is 0 Å². The quantitative estimate of drug-likeness (QED) is 0.298. The number of hydrogen-bond donors (Lipinski definition) is 0. The molecule has 110 valence electrons. The van der Waals surface area contributed by atoms with Crippen molar-refractivity contribution in [1.29, 1.82) is 0 Å². The van der Waals surface area contributed by atoms with Gasteiger partial charge in [-0.05, 0) is 33.1 Å². The standard InChI is InChI=1S/C16H28O3/c1-4-5-7-10-13(2)16(17)19-14(3)18-15-11-8-6-9-12-15/h10,14-15H,4-9,11-12H2,1-3H3. The van der Waals surface area contributed by atoms with E-state index in [0.29, 0.717) is 5.57 Å². The first-order valence-electron chi connectivity index (χ1n) is 7.66. The second-order valence-electron chi connectivity index (χ2n) is 5.40. The van der Waals surface area contributed by atoms with Gasteiger partial charge in [0.1, 0.15) is 0 Å². The van der Waals surface area contributed by atoms with Gasteiger partial charge in [-0.15, -0.1) is 0 Å². The minimum absolute atomic E-state index is 0.251. The van der Waals surface area contributed by atoms with E-state index in [1.807, 2.05) is 19.9 Å². The molecule has 3 heteroatoms. The second kappa shape index (κ2) is 9.13. The van der Waals surface area contributed by atoms with E-state index in [0.717, 1.165) is 32.1 Å². The number of esters is 1. The largest absolute Gasteiger partial charge is 0.433 e. The molecular weight excluding hydrogens is 240 g/mol. The summed E-state index contributed by atoms with van der Waals surface area (Å²) in [5, 5.41) is 0. The molecule has 1 fully saturated rings. The van der Waals surface area contributed by atoms with Crippen LogP contribution in [0.25, 0.3) is 0 Å². The Morgan fingerprint density at radius 1 is 1.32 bits per heavy atom. The van der Waals surface area contributed by atoms with E-state index in [-0.39, 0.29) is 12.1 Å². The van der Waals surface area contributed by atoms with E-state index >= 15 is 0 Å². The lowest BCUT2D eigenvalue weighted by Gasteiger charge is -2.25. The number of carbonyl (C=O) groups is 1. The average Bonchev–Trinajstić information content (AvgIpc) is 2.39. The zero-order chi connectivity index (χ0) is 14.1. The Morgan fingerprint density at radius 2 is 2.00 bits per heavy atom. The van der Waals surface area contributed by atoms with Crippen LogP contribution in [0.4, 0.5) is 0 Å². The summed E-state index contributed by atoms with van der Waals surface area (Å²) in [6, 6.07) is 0. The monoisotopic (exact) mass is 268 g/mol. The molecule has 0 bridgehead atoms. The average molecular weight is 268 g/mol. The van der Waals surface area contributed by atoms with Crippen LogP contribution in [0.15, 0.2) is 11.6 Å². The van der Waals surface area contributed by atoms with Crippen LogP contribution in [-0.2, 0) is 14.3 Å². The molecule has 1 unspecified atom stereocenters. The maximum atomic E-state index is 11.8. The van der Waals surface area contributed by atoms with Crippen LogP contribution in [0.1, 0.15) is 72.1 Å². The molecular formula is C16H28O3. The Kier molecular flexibility index (Phi) is 7.80. The van der Waals surface area contributed by atoms with E-state index in [4.69, 9.17) is 9.47 Å². The first-order valence-corrected chi connectivity index (χ1v) is 7.66. The number of carbonyl (C=O) groups excluding carboxylic acids is 1. The van der Waals surface area contributed by atoms with Crippen LogP contribution in [0.2, 0.25) is 0 Å². The summed E-state index contributed by atoms with van der Waals surface area (Å²) >= 11 is 0. The lowest BCUT2D eigenvalue weighted by atomic mass is 9.98. The third-order valence-electron chi connectivity index (χ3n) is 3.54.